The minimum atomic E-state index is -0.410. The SMILES string of the molecule is C.C.O=C1CC(=O)[C@@H](c2c[nH]c3ccccc23)[C@H]1c1cn2c3c(cccc13)CCC2.O=C1CC(=O)[C@@H](c2cn3c4c(cccc24)CCC3)[C@@H]1c1c[nH]c2ccccc12.O=C1CC(=O)[C@@H](c2cn3c4c(cccc24)CCC3)[C@H]1c1c[nH]c2ccccc12.O=C1CC(=O)[C@H](c2cn3c4c(cccc24)CCC3)[C@H]1c1c[nH]c2ccccc12. The molecule has 16 nitrogen and oxygen atoms in total. The zero-order valence-corrected chi connectivity index (χ0v) is 61.8. The summed E-state index contributed by atoms with van der Waals surface area (Å²) in [6.07, 6.45) is 25.1. The lowest BCUT2D eigenvalue weighted by Crippen LogP contribution is -2.14. The maximum Gasteiger partial charge on any atom is 0.148 e. The van der Waals surface area contributed by atoms with E-state index in [1.807, 2.05) is 122 Å². The Labute approximate surface area is 657 Å². The number of fused-ring (bicyclic) bond motifs is 4. The fourth-order valence-corrected chi connectivity index (χ4v) is 21.4. The van der Waals surface area contributed by atoms with Crippen LogP contribution in [0.2, 0.25) is 0 Å². The predicted molar refractivity (Wildman–Crippen MR) is 448 cm³/mol. The van der Waals surface area contributed by atoms with Crippen LogP contribution < -0.4 is 0 Å². The van der Waals surface area contributed by atoms with Gasteiger partial charge in [-0.25, -0.2) is 0 Å². The lowest BCUT2D eigenvalue weighted by Gasteiger charge is -2.17. The molecule has 568 valence electrons. The van der Waals surface area contributed by atoms with E-state index in [4.69, 9.17) is 0 Å². The number of aromatic amines is 4. The van der Waals surface area contributed by atoms with Gasteiger partial charge in [-0.3, -0.25) is 38.4 Å². The number of carbonyl (C=O) groups is 8. The molecule has 24 rings (SSSR count). The highest BCUT2D eigenvalue weighted by Gasteiger charge is 2.50. The Bertz CT molecular complexity index is 5910. The lowest BCUT2D eigenvalue weighted by atomic mass is 9.83. The number of aryl methyl sites for hydroxylation is 8. The molecule has 0 amide bonds. The molecule has 0 unspecified atom stereocenters. The predicted octanol–water partition coefficient (Wildman–Crippen LogP) is 19.2. The van der Waals surface area contributed by atoms with Gasteiger partial charge in [0.05, 0.1) is 95.1 Å². The summed E-state index contributed by atoms with van der Waals surface area (Å²) < 4.78 is 9.13. The van der Waals surface area contributed by atoms with Crippen molar-refractivity contribution in [3.8, 4) is 0 Å². The first-order chi connectivity index (χ1) is 54.9. The molecule has 0 radical (unpaired) electrons. The normalized spacial score (nSPS) is 21.5. The van der Waals surface area contributed by atoms with Crippen LogP contribution in [0.5, 0.6) is 0 Å². The largest absolute Gasteiger partial charge is 0.361 e. The van der Waals surface area contributed by atoms with Crippen LogP contribution in [0.15, 0.2) is 219 Å². The molecule has 8 aliphatic rings. The Kier molecular flexibility index (Phi) is 17.8. The zero-order chi connectivity index (χ0) is 75.3. The van der Waals surface area contributed by atoms with Crippen LogP contribution in [0.1, 0.15) is 180 Å². The number of para-hydroxylation sites is 8. The molecular formula is C98H88N8O8. The second kappa shape index (κ2) is 28.3. The van der Waals surface area contributed by atoms with E-state index in [9.17, 15) is 38.4 Å². The Morgan fingerprint density at radius 1 is 0.228 bits per heavy atom. The third-order valence-electron chi connectivity index (χ3n) is 26.1. The van der Waals surface area contributed by atoms with E-state index >= 15 is 0 Å². The number of rotatable bonds is 8. The van der Waals surface area contributed by atoms with Gasteiger partial charge in [0, 0.05) is 141 Å². The second-order valence-corrected chi connectivity index (χ2v) is 32.2. The summed E-state index contributed by atoms with van der Waals surface area (Å²) in [6, 6.07) is 57.5. The maximum absolute atomic E-state index is 13.0. The van der Waals surface area contributed by atoms with Crippen LogP contribution in [-0.4, -0.2) is 84.5 Å². The van der Waals surface area contributed by atoms with Gasteiger partial charge in [0.25, 0.3) is 0 Å². The molecule has 4 aliphatic heterocycles. The van der Waals surface area contributed by atoms with Crippen molar-refractivity contribution in [2.45, 2.75) is 165 Å². The summed E-state index contributed by atoms with van der Waals surface area (Å²) in [5.74, 6) is -2.92. The minimum Gasteiger partial charge on any atom is -0.361 e. The zero-order valence-electron chi connectivity index (χ0n) is 61.8. The highest BCUT2D eigenvalue weighted by Crippen LogP contribution is 2.52. The third-order valence-corrected chi connectivity index (χ3v) is 26.1. The van der Waals surface area contributed by atoms with Crippen molar-refractivity contribution in [2.24, 2.45) is 0 Å². The van der Waals surface area contributed by atoms with Gasteiger partial charge in [-0.05, 0) is 142 Å². The highest BCUT2D eigenvalue weighted by atomic mass is 16.2. The van der Waals surface area contributed by atoms with Crippen molar-refractivity contribution in [1.82, 2.24) is 38.2 Å². The summed E-state index contributed by atoms with van der Waals surface area (Å²) in [5.41, 5.74) is 22.2. The Morgan fingerprint density at radius 2 is 0.421 bits per heavy atom. The molecule has 114 heavy (non-hydrogen) atoms. The third kappa shape index (κ3) is 11.3. The molecule has 8 atom stereocenters. The Hall–Kier alpha value is -12.6. The fourth-order valence-electron chi connectivity index (χ4n) is 21.4. The monoisotopic (exact) mass is 1500 g/mol. The first kappa shape index (κ1) is 71.7. The first-order valence-corrected chi connectivity index (χ1v) is 39.8. The van der Waals surface area contributed by atoms with Crippen molar-refractivity contribution < 1.29 is 38.4 Å². The summed E-state index contributed by atoms with van der Waals surface area (Å²) in [7, 11) is 0. The summed E-state index contributed by atoms with van der Waals surface area (Å²) in [5, 5.41) is 8.68. The summed E-state index contributed by atoms with van der Waals surface area (Å²) in [4.78, 5) is 117. The van der Waals surface area contributed by atoms with Gasteiger partial charge in [0.15, 0.2) is 0 Å². The van der Waals surface area contributed by atoms with Crippen molar-refractivity contribution in [2.75, 3.05) is 0 Å². The summed E-state index contributed by atoms with van der Waals surface area (Å²) in [6.45, 7) is 3.89. The minimum absolute atomic E-state index is 0. The number of ketones is 8. The molecule has 4 aliphatic carbocycles. The van der Waals surface area contributed by atoms with Gasteiger partial charge in [0.1, 0.15) is 46.3 Å². The molecule has 4 N–H and O–H groups in total. The molecule has 0 bridgehead atoms. The van der Waals surface area contributed by atoms with E-state index in [0.29, 0.717) is 0 Å². The van der Waals surface area contributed by atoms with Gasteiger partial charge < -0.3 is 38.2 Å². The summed E-state index contributed by atoms with van der Waals surface area (Å²) >= 11 is 0. The number of H-pyrrole nitrogens is 4. The molecular weight excluding hydrogens is 1420 g/mol. The van der Waals surface area contributed by atoms with Crippen molar-refractivity contribution in [3.63, 3.8) is 0 Å². The van der Waals surface area contributed by atoms with Crippen LogP contribution >= 0.6 is 0 Å². The molecule has 0 saturated heterocycles. The smallest absolute Gasteiger partial charge is 0.148 e. The molecule has 16 heteroatoms. The Balaban J connectivity index is 0.000000101. The maximum atomic E-state index is 13.0. The molecule has 8 aromatic carbocycles. The topological polar surface area (TPSA) is 219 Å². The van der Waals surface area contributed by atoms with Gasteiger partial charge in [-0.2, -0.15) is 0 Å². The number of hydrogen-bond donors (Lipinski definition) is 4. The molecule has 4 fully saturated rings. The molecule has 16 aromatic rings. The number of nitrogens with zero attached hydrogens (tertiary/aromatic N) is 4. The first-order valence-electron chi connectivity index (χ1n) is 39.8. The lowest BCUT2D eigenvalue weighted by molar-refractivity contribution is -0.123. The molecule has 4 saturated carbocycles. The van der Waals surface area contributed by atoms with Gasteiger partial charge in [0.2, 0.25) is 0 Å². The molecule has 8 aromatic heterocycles. The van der Waals surface area contributed by atoms with Gasteiger partial charge >= 0.3 is 0 Å². The van der Waals surface area contributed by atoms with Crippen molar-refractivity contribution in [3.05, 3.63) is 286 Å². The van der Waals surface area contributed by atoms with E-state index in [-0.39, 0.29) is 86.8 Å². The van der Waals surface area contributed by atoms with Crippen molar-refractivity contribution >= 4 is 133 Å². The van der Waals surface area contributed by atoms with Gasteiger partial charge in [-0.15, -0.1) is 0 Å². The quantitative estimate of drug-likeness (QED) is 0.107. The van der Waals surface area contributed by atoms with Crippen LogP contribution in [0.25, 0.3) is 87.2 Å². The highest BCUT2D eigenvalue weighted by molar-refractivity contribution is 6.19. The van der Waals surface area contributed by atoms with Crippen LogP contribution in [0.4, 0.5) is 0 Å². The number of benzene rings is 8. The van der Waals surface area contributed by atoms with Crippen LogP contribution in [0.3, 0.4) is 0 Å². The number of Topliss-reactive ketones (excluding diaryl/α,β-unsaturated/α-hetero) is 8. The second-order valence-electron chi connectivity index (χ2n) is 32.2. The van der Waals surface area contributed by atoms with E-state index in [1.54, 1.807) is 0 Å². The number of hydrogen-bond acceptors (Lipinski definition) is 8. The van der Waals surface area contributed by atoms with Crippen LogP contribution in [-0.2, 0) is 90.2 Å². The van der Waals surface area contributed by atoms with E-state index in [2.05, 4.69) is 136 Å². The van der Waals surface area contributed by atoms with Gasteiger partial charge in [-0.1, -0.05) is 160 Å². The molecule has 12 heterocycles. The average Bonchev–Trinajstić information content (AvgIpc) is 1.59. The number of nitrogens with one attached hydrogen (secondary N) is 4. The Morgan fingerprint density at radius 3 is 0.640 bits per heavy atom. The van der Waals surface area contributed by atoms with E-state index in [0.717, 1.165) is 187 Å². The molecule has 0 spiro atoms. The van der Waals surface area contributed by atoms with E-state index in [1.165, 1.54) is 44.3 Å². The van der Waals surface area contributed by atoms with Crippen molar-refractivity contribution in [1.29, 1.82) is 0 Å². The van der Waals surface area contributed by atoms with E-state index < -0.39 is 47.3 Å². The number of carbonyl (C=O) groups excluding carboxylic acids is 8. The number of aromatic nitrogens is 8. The fraction of sp³-hybridized carbons (Fsp3) is 0.265. The average molecular weight is 1510 g/mol. The van der Waals surface area contributed by atoms with Crippen LogP contribution in [0, 0.1) is 0 Å². The standard InChI is InChI=1S/4C24H20N2O2.2CH4/c4*27-20-11-21(28)23(22(20)17-12-25-19-9-2-1-7-15(17)19)18-13-26-10-4-6-14-5-3-8-16(18)24(14)26;;/h4*1-3,5,7-9,12-13,22-23,25H,4,6,10-11H2;2*1H4/t2*22-,23+;2*22-,23-;;/m1010../s1.